The number of ether oxygens (including phenoxy) is 1. The fourth-order valence-corrected chi connectivity index (χ4v) is 7.01. The number of phenols is 1. The van der Waals surface area contributed by atoms with E-state index in [9.17, 15) is 5.11 Å². The van der Waals surface area contributed by atoms with Crippen molar-refractivity contribution in [2.75, 3.05) is 6.23 Å². The monoisotopic (exact) mass is 432 g/mol. The second-order valence-electron chi connectivity index (χ2n) is 10.7. The lowest BCUT2D eigenvalue weighted by Gasteiger charge is -2.32. The summed E-state index contributed by atoms with van der Waals surface area (Å²) in [6.07, 6.45) is 0.637. The van der Waals surface area contributed by atoms with Gasteiger partial charge in [-0.2, -0.15) is 0 Å². The van der Waals surface area contributed by atoms with Gasteiger partial charge in [0.1, 0.15) is 11.5 Å². The van der Waals surface area contributed by atoms with Crippen molar-refractivity contribution >= 4 is 18.4 Å². The largest absolute Gasteiger partial charge is 0.508 e. The third-order valence-electron chi connectivity index (χ3n) is 6.05. The fraction of sp³-hybridized carbons (Fsp3) is 0.357. The van der Waals surface area contributed by atoms with Crippen LogP contribution >= 0.6 is 0 Å². The van der Waals surface area contributed by atoms with Gasteiger partial charge in [0.2, 0.25) is 0 Å². The third kappa shape index (κ3) is 5.04. The molecule has 0 radical (unpaired) electrons. The summed E-state index contributed by atoms with van der Waals surface area (Å²) in [5, 5.41) is 13.5. The molecule has 0 saturated carbocycles. The highest BCUT2D eigenvalue weighted by molar-refractivity contribution is 7.01. The van der Waals surface area contributed by atoms with Gasteiger partial charge < -0.3 is 9.84 Å². The van der Waals surface area contributed by atoms with Crippen molar-refractivity contribution < 1.29 is 9.84 Å². The Bertz CT molecular complexity index is 973. The van der Waals surface area contributed by atoms with E-state index >= 15 is 0 Å². The predicted molar refractivity (Wildman–Crippen MR) is 135 cm³/mol. The van der Waals surface area contributed by atoms with Crippen LogP contribution in [0, 0.1) is 0 Å². The summed E-state index contributed by atoms with van der Waals surface area (Å²) in [7, 11) is -2.13. The first-order valence-corrected chi connectivity index (χ1v) is 13.8. The van der Waals surface area contributed by atoms with Gasteiger partial charge in [0.05, 0.1) is 6.23 Å². The molecule has 0 aromatic heterocycles. The molecule has 0 unspecified atom stereocenters. The zero-order chi connectivity index (χ0) is 22.9. The van der Waals surface area contributed by atoms with E-state index in [1.165, 1.54) is 10.4 Å². The van der Waals surface area contributed by atoms with E-state index in [0.29, 0.717) is 12.0 Å². The Hall–Kier alpha value is -2.52. The molecule has 0 aliphatic heterocycles. The molecule has 0 heterocycles. The summed E-state index contributed by atoms with van der Waals surface area (Å²) in [5.74, 6) is 1.22. The summed E-state index contributed by atoms with van der Waals surface area (Å²) >= 11 is 0. The molecule has 164 valence electrons. The zero-order valence-electron chi connectivity index (χ0n) is 20.0. The molecule has 0 spiro atoms. The van der Waals surface area contributed by atoms with Crippen molar-refractivity contribution in [3.05, 3.63) is 83.9 Å². The van der Waals surface area contributed by atoms with E-state index < -0.39 is 8.07 Å². The Labute approximate surface area is 188 Å². The molecule has 31 heavy (non-hydrogen) atoms. The van der Waals surface area contributed by atoms with Crippen molar-refractivity contribution in [1.29, 1.82) is 0 Å². The number of hydrogen-bond donors (Lipinski definition) is 1. The molecule has 0 amide bonds. The highest BCUT2D eigenvalue weighted by Crippen LogP contribution is 2.40. The summed E-state index contributed by atoms with van der Waals surface area (Å²) in [6, 6.07) is 25.5. The second kappa shape index (κ2) is 8.55. The molecule has 3 aromatic rings. The molecular formula is C28H36O2Si. The highest BCUT2D eigenvalue weighted by atomic mass is 28.3. The van der Waals surface area contributed by atoms with Crippen LogP contribution in [0.25, 0.3) is 0 Å². The smallest absolute Gasteiger partial charge is 0.156 e. The molecule has 0 aliphatic rings. The molecule has 1 N–H and O–H groups in total. The molecule has 0 bridgehead atoms. The molecule has 3 rings (SSSR count). The van der Waals surface area contributed by atoms with Crippen LogP contribution in [0.15, 0.2) is 72.8 Å². The molecule has 0 aliphatic carbocycles. The van der Waals surface area contributed by atoms with Crippen LogP contribution < -0.4 is 15.1 Å². The minimum Gasteiger partial charge on any atom is -0.508 e. The Balaban J connectivity index is 2.08. The van der Waals surface area contributed by atoms with E-state index in [1.807, 2.05) is 6.07 Å². The summed E-state index contributed by atoms with van der Waals surface area (Å²) in [6.45, 7) is 15.2. The van der Waals surface area contributed by atoms with Crippen molar-refractivity contribution in [2.24, 2.45) is 0 Å². The number of hydrogen-bond acceptors (Lipinski definition) is 2. The molecule has 3 heteroatoms. The van der Waals surface area contributed by atoms with Crippen LogP contribution in [0.1, 0.15) is 52.7 Å². The van der Waals surface area contributed by atoms with Crippen LogP contribution in [-0.2, 0) is 10.8 Å². The molecule has 0 saturated heterocycles. The van der Waals surface area contributed by atoms with Gasteiger partial charge in [-0.25, -0.2) is 0 Å². The fourth-order valence-electron chi connectivity index (χ4n) is 4.04. The van der Waals surface area contributed by atoms with Gasteiger partial charge in [0.15, 0.2) is 8.07 Å². The van der Waals surface area contributed by atoms with Crippen LogP contribution in [0.3, 0.4) is 0 Å². The van der Waals surface area contributed by atoms with E-state index in [1.54, 1.807) is 0 Å². The SMILES string of the molecule is CC(C)(C)c1cc(OC[Si](C)(c2ccccc2)c2ccccc2)c(C(C)(C)C)cc1O. The lowest BCUT2D eigenvalue weighted by Crippen LogP contribution is -2.60. The van der Waals surface area contributed by atoms with Crippen LogP contribution in [0.2, 0.25) is 6.55 Å². The van der Waals surface area contributed by atoms with Crippen molar-refractivity contribution in [3.63, 3.8) is 0 Å². The van der Waals surface area contributed by atoms with Crippen molar-refractivity contribution in [1.82, 2.24) is 0 Å². The minimum atomic E-state index is -2.13. The third-order valence-corrected chi connectivity index (χ3v) is 9.99. The van der Waals surface area contributed by atoms with Gasteiger partial charge in [-0.1, -0.05) is 119 Å². The van der Waals surface area contributed by atoms with Crippen LogP contribution in [0.4, 0.5) is 0 Å². The first-order chi connectivity index (χ1) is 14.4. The Morgan fingerprint density at radius 1 is 0.710 bits per heavy atom. The molecule has 2 nitrogen and oxygen atoms in total. The highest BCUT2D eigenvalue weighted by Gasteiger charge is 2.34. The van der Waals surface area contributed by atoms with Crippen molar-refractivity contribution in [3.8, 4) is 11.5 Å². The number of rotatable bonds is 5. The Kier molecular flexibility index (Phi) is 6.38. The zero-order valence-corrected chi connectivity index (χ0v) is 21.0. The summed E-state index contributed by atoms with van der Waals surface area (Å²) in [5.41, 5.74) is 1.65. The average Bonchev–Trinajstić information content (AvgIpc) is 2.72. The number of phenolic OH excluding ortho intramolecular Hbond substituents is 1. The van der Waals surface area contributed by atoms with Gasteiger partial charge in [-0.05, 0) is 23.0 Å². The van der Waals surface area contributed by atoms with Gasteiger partial charge in [0, 0.05) is 11.1 Å². The maximum atomic E-state index is 10.8. The second-order valence-corrected chi connectivity index (χ2v) is 14.8. The van der Waals surface area contributed by atoms with E-state index in [0.717, 1.165) is 16.9 Å². The van der Waals surface area contributed by atoms with Gasteiger partial charge >= 0.3 is 0 Å². The van der Waals surface area contributed by atoms with E-state index in [2.05, 4.69) is 115 Å². The van der Waals surface area contributed by atoms with Crippen LogP contribution in [0.5, 0.6) is 11.5 Å². The molecular weight excluding hydrogens is 396 g/mol. The van der Waals surface area contributed by atoms with Gasteiger partial charge in [-0.15, -0.1) is 0 Å². The standard InChI is InChI=1S/C28H36O2Si/c1-27(2,3)23-19-26(24(18-25(23)29)28(4,5)6)30-20-31(7,21-14-10-8-11-15-21)22-16-12-9-13-17-22/h8-19,29H,20H2,1-7H3. The molecule has 3 aromatic carbocycles. The quantitative estimate of drug-likeness (QED) is 0.517. The summed E-state index contributed by atoms with van der Waals surface area (Å²) < 4.78 is 6.68. The molecule has 0 atom stereocenters. The number of aromatic hydroxyl groups is 1. The van der Waals surface area contributed by atoms with Gasteiger partial charge in [0.25, 0.3) is 0 Å². The number of benzene rings is 3. The Morgan fingerprint density at radius 2 is 1.16 bits per heavy atom. The topological polar surface area (TPSA) is 29.5 Å². The van der Waals surface area contributed by atoms with Crippen molar-refractivity contribution in [2.45, 2.75) is 58.9 Å². The minimum absolute atomic E-state index is 0.138. The lowest BCUT2D eigenvalue weighted by molar-refractivity contribution is 0.361. The predicted octanol–water partition coefficient (Wildman–Crippen LogP) is 5.80. The van der Waals surface area contributed by atoms with Crippen LogP contribution in [-0.4, -0.2) is 19.4 Å². The maximum absolute atomic E-state index is 10.8. The lowest BCUT2D eigenvalue weighted by atomic mass is 9.81. The van der Waals surface area contributed by atoms with Gasteiger partial charge in [-0.3, -0.25) is 0 Å². The normalized spacial score (nSPS) is 12.6. The van der Waals surface area contributed by atoms with E-state index in [-0.39, 0.29) is 10.8 Å². The first-order valence-electron chi connectivity index (χ1n) is 11.0. The summed E-state index contributed by atoms with van der Waals surface area (Å²) in [4.78, 5) is 0. The van der Waals surface area contributed by atoms with E-state index in [4.69, 9.17) is 4.74 Å². The maximum Gasteiger partial charge on any atom is 0.156 e. The molecule has 0 fully saturated rings. The Morgan fingerprint density at radius 3 is 1.58 bits per heavy atom. The average molecular weight is 433 g/mol. The first kappa shape index (κ1) is 23.1.